The predicted octanol–water partition coefficient (Wildman–Crippen LogP) is 4.11. The number of pyridine rings is 1. The molecule has 0 aliphatic heterocycles. The molecule has 0 bridgehead atoms. The molecule has 0 saturated carbocycles. The van der Waals surface area contributed by atoms with Gasteiger partial charge in [0.15, 0.2) is 0 Å². The molecule has 3 aromatic rings. The number of hydrogen-bond acceptors (Lipinski definition) is 2. The molecule has 0 amide bonds. The molecule has 0 atom stereocenters. The molecular weight excluding hydrogens is 357 g/mol. The van der Waals surface area contributed by atoms with Crippen molar-refractivity contribution in [1.29, 1.82) is 0 Å². The molecule has 0 spiro atoms. The third-order valence-electron chi connectivity index (χ3n) is 4.25. The Labute approximate surface area is 157 Å². The minimum absolute atomic E-state index is 0.0594. The van der Waals surface area contributed by atoms with Gasteiger partial charge in [0.05, 0.1) is 20.9 Å². The van der Waals surface area contributed by atoms with Crippen molar-refractivity contribution in [2.45, 2.75) is 19.5 Å². The molecule has 3 rings (SSSR count). The molecule has 4 nitrogen and oxygen atoms in total. The highest BCUT2D eigenvalue weighted by molar-refractivity contribution is 6.42. The number of fused-ring (bicyclic) bond motifs is 1. The van der Waals surface area contributed by atoms with Crippen LogP contribution in [0.1, 0.15) is 12.0 Å². The molecule has 2 aromatic heterocycles. The minimum Gasteiger partial charge on any atom is -0.343 e. The van der Waals surface area contributed by atoms with E-state index in [-0.39, 0.29) is 5.56 Å². The molecule has 25 heavy (non-hydrogen) atoms. The summed E-state index contributed by atoms with van der Waals surface area (Å²) in [5, 5.41) is 1.83. The molecule has 0 saturated heterocycles. The van der Waals surface area contributed by atoms with Crippen LogP contribution in [0.3, 0.4) is 0 Å². The predicted molar refractivity (Wildman–Crippen MR) is 105 cm³/mol. The van der Waals surface area contributed by atoms with Crippen LogP contribution in [0.15, 0.2) is 47.5 Å². The van der Waals surface area contributed by atoms with Crippen LogP contribution in [0.25, 0.3) is 10.9 Å². The van der Waals surface area contributed by atoms with Gasteiger partial charge in [-0.05, 0) is 56.9 Å². The second-order valence-corrected chi connectivity index (χ2v) is 7.28. The summed E-state index contributed by atoms with van der Waals surface area (Å²) in [6, 6.07) is 9.49. The Morgan fingerprint density at radius 1 is 1.00 bits per heavy atom. The fourth-order valence-electron chi connectivity index (χ4n) is 2.94. The monoisotopic (exact) mass is 377 g/mol. The maximum atomic E-state index is 12.7. The quantitative estimate of drug-likeness (QED) is 0.646. The smallest absolute Gasteiger partial charge is 0.259 e. The average Bonchev–Trinajstić information content (AvgIpc) is 2.96. The van der Waals surface area contributed by atoms with Crippen molar-refractivity contribution in [3.63, 3.8) is 0 Å². The van der Waals surface area contributed by atoms with Gasteiger partial charge >= 0.3 is 0 Å². The molecule has 0 aliphatic rings. The van der Waals surface area contributed by atoms with Gasteiger partial charge < -0.3 is 14.0 Å². The summed E-state index contributed by atoms with van der Waals surface area (Å²) >= 11 is 12.1. The summed E-state index contributed by atoms with van der Waals surface area (Å²) in [5.41, 5.74) is 2.03. The van der Waals surface area contributed by atoms with E-state index in [0.717, 1.165) is 36.0 Å². The van der Waals surface area contributed by atoms with E-state index in [1.54, 1.807) is 10.6 Å². The van der Waals surface area contributed by atoms with E-state index < -0.39 is 0 Å². The van der Waals surface area contributed by atoms with Crippen LogP contribution in [0.2, 0.25) is 10.0 Å². The largest absolute Gasteiger partial charge is 0.343 e. The Morgan fingerprint density at radius 2 is 1.76 bits per heavy atom. The van der Waals surface area contributed by atoms with Gasteiger partial charge in [0, 0.05) is 25.5 Å². The van der Waals surface area contributed by atoms with Crippen LogP contribution in [0, 0.1) is 0 Å². The lowest BCUT2D eigenvalue weighted by Crippen LogP contribution is -2.22. The van der Waals surface area contributed by atoms with Gasteiger partial charge in [-0.25, -0.2) is 0 Å². The number of nitrogens with zero attached hydrogens (tertiary/aromatic N) is 3. The molecule has 0 N–H and O–H groups in total. The van der Waals surface area contributed by atoms with Crippen LogP contribution in [-0.4, -0.2) is 34.7 Å². The van der Waals surface area contributed by atoms with Crippen LogP contribution in [-0.2, 0) is 13.1 Å². The lowest BCUT2D eigenvalue weighted by atomic mass is 10.2. The number of benzene rings is 1. The Hall–Kier alpha value is -1.75. The van der Waals surface area contributed by atoms with Gasteiger partial charge in [-0.3, -0.25) is 4.79 Å². The molecule has 0 fully saturated rings. The number of aromatic nitrogens is 2. The van der Waals surface area contributed by atoms with E-state index in [1.165, 1.54) is 0 Å². The summed E-state index contributed by atoms with van der Waals surface area (Å²) in [4.78, 5) is 14.8. The van der Waals surface area contributed by atoms with Crippen molar-refractivity contribution in [2.24, 2.45) is 0 Å². The number of rotatable bonds is 6. The number of hydrogen-bond donors (Lipinski definition) is 0. The zero-order valence-electron chi connectivity index (χ0n) is 14.4. The van der Waals surface area contributed by atoms with Crippen molar-refractivity contribution in [3.05, 3.63) is 68.7 Å². The maximum absolute atomic E-state index is 12.7. The third kappa shape index (κ3) is 4.09. The standard InChI is InChI=1S/C19H21Cl2N3O/c1-22(2)8-3-9-23-11-7-18-15(19(23)25)6-10-24(18)13-14-4-5-16(20)17(21)12-14/h4-7,10-12H,3,8-9,13H2,1-2H3. The zero-order valence-corrected chi connectivity index (χ0v) is 15.9. The van der Waals surface area contributed by atoms with Gasteiger partial charge in [0.2, 0.25) is 0 Å². The molecule has 0 aliphatic carbocycles. The van der Waals surface area contributed by atoms with Crippen molar-refractivity contribution in [2.75, 3.05) is 20.6 Å². The SMILES string of the molecule is CN(C)CCCn1ccc2c(ccn2Cc2ccc(Cl)c(Cl)c2)c1=O. The van der Waals surface area contributed by atoms with Gasteiger partial charge in [-0.2, -0.15) is 0 Å². The lowest BCUT2D eigenvalue weighted by Gasteiger charge is -2.11. The fourth-order valence-corrected chi connectivity index (χ4v) is 3.26. The van der Waals surface area contributed by atoms with Gasteiger partial charge in [-0.15, -0.1) is 0 Å². The van der Waals surface area contributed by atoms with Crippen LogP contribution >= 0.6 is 23.2 Å². The van der Waals surface area contributed by atoms with Crippen molar-refractivity contribution in [1.82, 2.24) is 14.0 Å². The first kappa shape index (κ1) is 18.1. The first-order valence-electron chi connectivity index (χ1n) is 8.22. The second kappa shape index (κ2) is 7.65. The normalized spacial score (nSPS) is 11.6. The first-order valence-corrected chi connectivity index (χ1v) is 8.98. The third-order valence-corrected chi connectivity index (χ3v) is 4.99. The Bertz CT molecular complexity index is 943. The Kier molecular flexibility index (Phi) is 5.52. The number of halogens is 2. The summed E-state index contributed by atoms with van der Waals surface area (Å²) < 4.78 is 3.84. The highest BCUT2D eigenvalue weighted by Gasteiger charge is 2.08. The zero-order chi connectivity index (χ0) is 18.0. The van der Waals surface area contributed by atoms with E-state index in [1.807, 2.05) is 50.8 Å². The summed E-state index contributed by atoms with van der Waals surface area (Å²) in [5.74, 6) is 0. The molecule has 0 radical (unpaired) electrons. The van der Waals surface area contributed by atoms with E-state index in [4.69, 9.17) is 23.2 Å². The average molecular weight is 378 g/mol. The van der Waals surface area contributed by atoms with Crippen molar-refractivity contribution in [3.8, 4) is 0 Å². The summed E-state index contributed by atoms with van der Waals surface area (Å²) in [7, 11) is 4.07. The first-order chi connectivity index (χ1) is 12.0. The maximum Gasteiger partial charge on any atom is 0.259 e. The van der Waals surface area contributed by atoms with Crippen molar-refractivity contribution >= 4 is 34.1 Å². The Morgan fingerprint density at radius 3 is 2.48 bits per heavy atom. The van der Waals surface area contributed by atoms with Crippen LogP contribution in [0.5, 0.6) is 0 Å². The Balaban J connectivity index is 1.85. The summed E-state index contributed by atoms with van der Waals surface area (Å²) in [6.45, 7) is 2.33. The molecular formula is C19H21Cl2N3O. The van der Waals surface area contributed by atoms with Gasteiger partial charge in [0.1, 0.15) is 0 Å². The van der Waals surface area contributed by atoms with Crippen LogP contribution in [0.4, 0.5) is 0 Å². The van der Waals surface area contributed by atoms with E-state index >= 15 is 0 Å². The highest BCUT2D eigenvalue weighted by Crippen LogP contribution is 2.23. The van der Waals surface area contributed by atoms with Crippen molar-refractivity contribution < 1.29 is 0 Å². The molecule has 6 heteroatoms. The minimum atomic E-state index is 0.0594. The van der Waals surface area contributed by atoms with Gasteiger partial charge in [0.25, 0.3) is 5.56 Å². The van der Waals surface area contributed by atoms with Crippen LogP contribution < -0.4 is 5.56 Å². The molecule has 132 valence electrons. The van der Waals surface area contributed by atoms with E-state index in [2.05, 4.69) is 9.47 Å². The van der Waals surface area contributed by atoms with E-state index in [0.29, 0.717) is 16.6 Å². The fraction of sp³-hybridized carbons (Fsp3) is 0.316. The topological polar surface area (TPSA) is 30.2 Å². The van der Waals surface area contributed by atoms with E-state index in [9.17, 15) is 4.79 Å². The molecule has 2 heterocycles. The summed E-state index contributed by atoms with van der Waals surface area (Å²) in [6.07, 6.45) is 4.77. The van der Waals surface area contributed by atoms with Gasteiger partial charge in [-0.1, -0.05) is 29.3 Å². The second-order valence-electron chi connectivity index (χ2n) is 6.46. The molecule has 1 aromatic carbocycles. The molecule has 0 unspecified atom stereocenters. The highest BCUT2D eigenvalue weighted by atomic mass is 35.5. The number of aryl methyl sites for hydroxylation is 1. The lowest BCUT2D eigenvalue weighted by molar-refractivity contribution is 0.385.